The van der Waals surface area contributed by atoms with Gasteiger partial charge in [-0.05, 0) is 57.5 Å². The first-order chi connectivity index (χ1) is 9.33. The molecule has 4 nitrogen and oxygen atoms in total. The molecule has 0 amide bonds. The molecule has 2 heterocycles. The summed E-state index contributed by atoms with van der Waals surface area (Å²) < 4.78 is 0. The fourth-order valence-corrected chi connectivity index (χ4v) is 2.70. The fourth-order valence-electron chi connectivity index (χ4n) is 2.70. The van der Waals surface area contributed by atoms with Crippen LogP contribution in [0, 0.1) is 5.92 Å². The first kappa shape index (κ1) is 12.6. The monoisotopic (exact) mass is 258 g/mol. The normalized spacial score (nSPS) is 18.8. The van der Waals surface area contributed by atoms with Gasteiger partial charge in [-0.15, -0.1) is 0 Å². The van der Waals surface area contributed by atoms with E-state index in [1.54, 1.807) is 0 Å². The number of aromatic amines is 1. The Bertz CT molecular complexity index is 495. The number of benzene rings is 1. The highest BCUT2D eigenvalue weighted by molar-refractivity contribution is 5.74. The lowest BCUT2D eigenvalue weighted by Gasteiger charge is -2.24. The van der Waals surface area contributed by atoms with Crippen LogP contribution in [0.3, 0.4) is 0 Å². The number of hydrogen-bond acceptors (Lipinski definition) is 3. The standard InChI is InChI=1S/C15H22N4/c1-11(17-10-12-6-8-16-9-7-12)15-18-13-4-2-3-5-14(13)19-15/h2-5,11-12,16-17H,6-10H2,1H3,(H,18,19). The van der Waals surface area contributed by atoms with E-state index < -0.39 is 0 Å². The number of fused-ring (bicyclic) bond motifs is 1. The van der Waals surface area contributed by atoms with Crippen LogP contribution in [0.1, 0.15) is 31.6 Å². The first-order valence-electron chi connectivity index (χ1n) is 7.21. The van der Waals surface area contributed by atoms with Crippen LogP contribution >= 0.6 is 0 Å². The smallest absolute Gasteiger partial charge is 0.124 e. The summed E-state index contributed by atoms with van der Waals surface area (Å²) >= 11 is 0. The van der Waals surface area contributed by atoms with E-state index in [2.05, 4.69) is 39.7 Å². The topological polar surface area (TPSA) is 52.7 Å². The Hall–Kier alpha value is -1.39. The Morgan fingerprint density at radius 1 is 1.32 bits per heavy atom. The van der Waals surface area contributed by atoms with Crippen LogP contribution in [-0.4, -0.2) is 29.6 Å². The predicted octanol–water partition coefficient (Wildman–Crippen LogP) is 2.21. The molecule has 0 saturated carbocycles. The first-order valence-corrected chi connectivity index (χ1v) is 7.21. The maximum Gasteiger partial charge on any atom is 0.124 e. The molecule has 102 valence electrons. The van der Waals surface area contributed by atoms with Gasteiger partial charge in [0.05, 0.1) is 17.1 Å². The van der Waals surface area contributed by atoms with Crippen LogP contribution in [0.15, 0.2) is 24.3 Å². The van der Waals surface area contributed by atoms with E-state index >= 15 is 0 Å². The van der Waals surface area contributed by atoms with Gasteiger partial charge in [0, 0.05) is 0 Å². The molecule has 3 rings (SSSR count). The molecule has 1 aliphatic rings. The maximum atomic E-state index is 4.65. The van der Waals surface area contributed by atoms with Crippen molar-refractivity contribution in [1.29, 1.82) is 0 Å². The number of imidazole rings is 1. The van der Waals surface area contributed by atoms with Crippen molar-refractivity contribution in [2.24, 2.45) is 5.92 Å². The number of para-hydroxylation sites is 2. The van der Waals surface area contributed by atoms with E-state index in [0.717, 1.165) is 42.4 Å². The predicted molar refractivity (Wildman–Crippen MR) is 78.1 cm³/mol. The third kappa shape index (κ3) is 2.96. The Labute approximate surface area is 114 Å². The van der Waals surface area contributed by atoms with Crippen molar-refractivity contribution in [3.63, 3.8) is 0 Å². The van der Waals surface area contributed by atoms with Crippen LogP contribution in [0.25, 0.3) is 11.0 Å². The second-order valence-electron chi connectivity index (χ2n) is 5.46. The minimum Gasteiger partial charge on any atom is -0.341 e. The fraction of sp³-hybridized carbons (Fsp3) is 0.533. The van der Waals surface area contributed by atoms with E-state index in [0.29, 0.717) is 0 Å². The third-order valence-electron chi connectivity index (χ3n) is 3.99. The van der Waals surface area contributed by atoms with Gasteiger partial charge in [-0.2, -0.15) is 0 Å². The van der Waals surface area contributed by atoms with Gasteiger partial charge < -0.3 is 15.6 Å². The number of nitrogens with zero attached hydrogens (tertiary/aromatic N) is 1. The van der Waals surface area contributed by atoms with E-state index in [9.17, 15) is 0 Å². The molecule has 1 saturated heterocycles. The van der Waals surface area contributed by atoms with E-state index in [4.69, 9.17) is 0 Å². The average Bonchev–Trinajstić information content (AvgIpc) is 2.90. The zero-order chi connectivity index (χ0) is 13.1. The molecule has 0 radical (unpaired) electrons. The number of nitrogens with one attached hydrogen (secondary N) is 3. The molecular weight excluding hydrogens is 236 g/mol. The lowest BCUT2D eigenvalue weighted by molar-refractivity contribution is 0.343. The third-order valence-corrected chi connectivity index (χ3v) is 3.99. The molecule has 1 atom stereocenters. The van der Waals surface area contributed by atoms with Crippen molar-refractivity contribution in [2.75, 3.05) is 19.6 Å². The minimum atomic E-state index is 0.280. The van der Waals surface area contributed by atoms with Crippen molar-refractivity contribution in [1.82, 2.24) is 20.6 Å². The van der Waals surface area contributed by atoms with Gasteiger partial charge in [0.2, 0.25) is 0 Å². The summed E-state index contributed by atoms with van der Waals surface area (Å²) in [6.45, 7) is 5.58. The van der Waals surface area contributed by atoms with Gasteiger partial charge in [-0.25, -0.2) is 4.98 Å². The lowest BCUT2D eigenvalue weighted by atomic mass is 9.98. The van der Waals surface area contributed by atoms with Crippen LogP contribution in [-0.2, 0) is 0 Å². The molecule has 0 spiro atoms. The second kappa shape index (κ2) is 5.72. The summed E-state index contributed by atoms with van der Waals surface area (Å²) in [4.78, 5) is 8.04. The Kier molecular flexibility index (Phi) is 3.80. The highest BCUT2D eigenvalue weighted by Crippen LogP contribution is 2.17. The summed E-state index contributed by atoms with van der Waals surface area (Å²) in [5.41, 5.74) is 2.17. The molecule has 0 bridgehead atoms. The summed E-state index contributed by atoms with van der Waals surface area (Å²) in [5.74, 6) is 1.84. The molecule has 1 aromatic carbocycles. The molecule has 1 aromatic heterocycles. The molecule has 1 fully saturated rings. The van der Waals surface area contributed by atoms with Crippen LogP contribution in [0.5, 0.6) is 0 Å². The maximum absolute atomic E-state index is 4.65. The molecule has 2 aromatic rings. The van der Waals surface area contributed by atoms with Gasteiger partial charge in [0.15, 0.2) is 0 Å². The summed E-state index contributed by atoms with van der Waals surface area (Å²) in [6, 6.07) is 8.47. The molecule has 1 aliphatic heterocycles. The van der Waals surface area contributed by atoms with Gasteiger partial charge in [-0.1, -0.05) is 12.1 Å². The Morgan fingerprint density at radius 3 is 2.89 bits per heavy atom. The Balaban J connectivity index is 1.61. The minimum absolute atomic E-state index is 0.280. The van der Waals surface area contributed by atoms with E-state index in [-0.39, 0.29) is 6.04 Å². The summed E-state index contributed by atoms with van der Waals surface area (Å²) in [5, 5.41) is 7.01. The van der Waals surface area contributed by atoms with Crippen molar-refractivity contribution < 1.29 is 0 Å². The van der Waals surface area contributed by atoms with Gasteiger partial charge in [-0.3, -0.25) is 0 Å². The molecule has 4 heteroatoms. The van der Waals surface area contributed by atoms with Crippen LogP contribution < -0.4 is 10.6 Å². The van der Waals surface area contributed by atoms with Crippen LogP contribution in [0.2, 0.25) is 0 Å². The van der Waals surface area contributed by atoms with Crippen molar-refractivity contribution in [3.05, 3.63) is 30.1 Å². The van der Waals surface area contributed by atoms with Crippen molar-refractivity contribution >= 4 is 11.0 Å². The highest BCUT2D eigenvalue weighted by Gasteiger charge is 2.15. The molecular formula is C15H22N4. The van der Waals surface area contributed by atoms with E-state index in [1.165, 1.54) is 12.8 Å². The molecule has 19 heavy (non-hydrogen) atoms. The largest absolute Gasteiger partial charge is 0.341 e. The van der Waals surface area contributed by atoms with Gasteiger partial charge in [0.1, 0.15) is 5.82 Å². The quantitative estimate of drug-likeness (QED) is 0.788. The highest BCUT2D eigenvalue weighted by atomic mass is 15.0. The summed E-state index contributed by atoms with van der Waals surface area (Å²) in [7, 11) is 0. The second-order valence-corrected chi connectivity index (χ2v) is 5.46. The van der Waals surface area contributed by atoms with Crippen molar-refractivity contribution in [3.8, 4) is 0 Å². The van der Waals surface area contributed by atoms with E-state index in [1.807, 2.05) is 12.1 Å². The van der Waals surface area contributed by atoms with Gasteiger partial charge >= 0.3 is 0 Å². The van der Waals surface area contributed by atoms with Crippen molar-refractivity contribution in [2.45, 2.75) is 25.8 Å². The number of aromatic nitrogens is 2. The summed E-state index contributed by atoms with van der Waals surface area (Å²) in [6.07, 6.45) is 2.56. The zero-order valence-corrected chi connectivity index (χ0v) is 11.4. The average molecular weight is 258 g/mol. The molecule has 1 unspecified atom stereocenters. The van der Waals surface area contributed by atoms with Gasteiger partial charge in [0.25, 0.3) is 0 Å². The number of hydrogen-bond donors (Lipinski definition) is 3. The van der Waals surface area contributed by atoms with Crippen LogP contribution in [0.4, 0.5) is 0 Å². The number of rotatable bonds is 4. The number of H-pyrrole nitrogens is 1. The lowest BCUT2D eigenvalue weighted by Crippen LogP contribution is -2.34. The molecule has 0 aliphatic carbocycles. The zero-order valence-electron chi connectivity index (χ0n) is 11.4. The Morgan fingerprint density at radius 2 is 2.11 bits per heavy atom. The SMILES string of the molecule is CC(NCC1CCNCC1)c1nc2ccccc2[nH]1. The molecule has 3 N–H and O–H groups in total. The number of piperidine rings is 1.